The van der Waals surface area contributed by atoms with Gasteiger partial charge in [-0.3, -0.25) is 0 Å². The lowest BCUT2D eigenvalue weighted by molar-refractivity contribution is 0.227. The molecule has 0 heterocycles. The standard InChI is InChI=1S/C24H32O2Si/c1-6-27(7-2,8-3)17-16-22-15-14-21(24(22)19-26-5)13-12-20-10-9-11-23(20)18-25-4/h9,11,14H,6-8,10,15,18-19H2,1-5H3. The van der Waals surface area contributed by atoms with E-state index in [0.717, 1.165) is 24.0 Å². The van der Waals surface area contributed by atoms with Gasteiger partial charge in [-0.05, 0) is 30.1 Å². The van der Waals surface area contributed by atoms with Gasteiger partial charge in [-0.15, -0.1) is 5.54 Å². The molecule has 0 unspecified atom stereocenters. The molecule has 0 saturated carbocycles. The number of methoxy groups -OCH3 is 2. The SMILES string of the molecule is CC[Si](C#CC1=C(COC)C(C#CC2=C(COC)C=CC2)=CC1)(CC)CC. The van der Waals surface area contributed by atoms with Gasteiger partial charge in [-0.2, -0.15) is 0 Å². The topological polar surface area (TPSA) is 18.5 Å². The molecule has 2 rings (SSSR count). The number of allylic oxidation sites excluding steroid dienone is 4. The van der Waals surface area contributed by atoms with E-state index in [2.05, 4.69) is 62.3 Å². The van der Waals surface area contributed by atoms with E-state index in [9.17, 15) is 0 Å². The van der Waals surface area contributed by atoms with E-state index in [0.29, 0.717) is 13.2 Å². The summed E-state index contributed by atoms with van der Waals surface area (Å²) >= 11 is 0. The van der Waals surface area contributed by atoms with Gasteiger partial charge in [0.1, 0.15) is 8.07 Å². The zero-order valence-electron chi connectivity index (χ0n) is 17.5. The van der Waals surface area contributed by atoms with E-state index >= 15 is 0 Å². The highest BCUT2D eigenvalue weighted by Crippen LogP contribution is 2.27. The van der Waals surface area contributed by atoms with Crippen molar-refractivity contribution < 1.29 is 9.47 Å². The molecule has 0 saturated heterocycles. The quantitative estimate of drug-likeness (QED) is 0.445. The largest absolute Gasteiger partial charge is 0.380 e. The minimum absolute atomic E-state index is 0.575. The van der Waals surface area contributed by atoms with Crippen molar-refractivity contribution in [2.45, 2.75) is 51.7 Å². The second kappa shape index (κ2) is 10.5. The molecule has 0 spiro atoms. The van der Waals surface area contributed by atoms with Gasteiger partial charge in [0.2, 0.25) is 0 Å². The maximum atomic E-state index is 5.46. The van der Waals surface area contributed by atoms with Crippen LogP contribution in [0.2, 0.25) is 18.1 Å². The molecule has 0 atom stereocenters. The first-order valence-electron chi connectivity index (χ1n) is 9.97. The Morgan fingerprint density at radius 3 is 2.22 bits per heavy atom. The van der Waals surface area contributed by atoms with Crippen LogP contribution in [0.15, 0.2) is 46.1 Å². The molecule has 3 heteroatoms. The Labute approximate surface area is 166 Å². The van der Waals surface area contributed by atoms with E-state index < -0.39 is 8.07 Å². The van der Waals surface area contributed by atoms with E-state index in [1.807, 2.05) is 0 Å². The molecular weight excluding hydrogens is 348 g/mol. The molecule has 0 aliphatic heterocycles. The van der Waals surface area contributed by atoms with E-state index in [1.165, 1.54) is 34.9 Å². The fourth-order valence-corrected chi connectivity index (χ4v) is 5.96. The highest BCUT2D eigenvalue weighted by atomic mass is 28.3. The Morgan fingerprint density at radius 1 is 0.889 bits per heavy atom. The van der Waals surface area contributed by atoms with Gasteiger partial charge in [0.05, 0.1) is 13.2 Å². The third kappa shape index (κ3) is 5.36. The fraction of sp³-hybridized carbons (Fsp3) is 0.500. The summed E-state index contributed by atoms with van der Waals surface area (Å²) in [7, 11) is 2.02. The van der Waals surface area contributed by atoms with Crippen LogP contribution < -0.4 is 0 Å². The van der Waals surface area contributed by atoms with Crippen LogP contribution in [0.5, 0.6) is 0 Å². The van der Waals surface area contributed by atoms with Crippen LogP contribution in [0.4, 0.5) is 0 Å². The molecule has 0 radical (unpaired) electrons. The highest BCUT2D eigenvalue weighted by molar-refractivity contribution is 6.87. The average molecular weight is 381 g/mol. The molecule has 0 fully saturated rings. The Kier molecular flexibility index (Phi) is 8.39. The zero-order valence-corrected chi connectivity index (χ0v) is 18.5. The van der Waals surface area contributed by atoms with Crippen molar-refractivity contribution in [3.63, 3.8) is 0 Å². The van der Waals surface area contributed by atoms with Crippen LogP contribution in [0.3, 0.4) is 0 Å². The predicted molar refractivity (Wildman–Crippen MR) is 117 cm³/mol. The normalized spacial score (nSPS) is 16.3. The summed E-state index contributed by atoms with van der Waals surface area (Å²) in [5.74, 6) is 10.3. The predicted octanol–water partition coefficient (Wildman–Crippen LogP) is 5.22. The van der Waals surface area contributed by atoms with Crippen molar-refractivity contribution in [1.82, 2.24) is 0 Å². The maximum Gasteiger partial charge on any atom is 0.138 e. The van der Waals surface area contributed by atoms with Crippen LogP contribution in [-0.4, -0.2) is 35.5 Å². The van der Waals surface area contributed by atoms with Crippen molar-refractivity contribution >= 4 is 8.07 Å². The molecule has 2 nitrogen and oxygen atoms in total. The smallest absolute Gasteiger partial charge is 0.138 e. The van der Waals surface area contributed by atoms with Gasteiger partial charge in [0.25, 0.3) is 0 Å². The molecule has 0 bridgehead atoms. The van der Waals surface area contributed by atoms with Crippen LogP contribution in [0.25, 0.3) is 0 Å². The summed E-state index contributed by atoms with van der Waals surface area (Å²) in [5, 5.41) is 0. The van der Waals surface area contributed by atoms with Crippen LogP contribution in [0, 0.1) is 23.3 Å². The lowest BCUT2D eigenvalue weighted by atomic mass is 10.1. The van der Waals surface area contributed by atoms with Crippen LogP contribution in [0.1, 0.15) is 33.6 Å². The first kappa shape index (κ1) is 21.5. The Bertz CT molecular complexity index is 775. The molecule has 0 aromatic rings. The van der Waals surface area contributed by atoms with Gasteiger partial charge < -0.3 is 9.47 Å². The number of rotatable bonds is 7. The molecular formula is C24H32O2Si. The van der Waals surface area contributed by atoms with Gasteiger partial charge in [-0.1, -0.05) is 56.8 Å². The zero-order chi connectivity index (χ0) is 19.7. The first-order chi connectivity index (χ1) is 13.1. The van der Waals surface area contributed by atoms with E-state index in [1.54, 1.807) is 14.2 Å². The molecule has 27 heavy (non-hydrogen) atoms. The number of ether oxygens (including phenoxy) is 2. The van der Waals surface area contributed by atoms with Crippen molar-refractivity contribution in [3.05, 3.63) is 46.1 Å². The number of hydrogen-bond donors (Lipinski definition) is 0. The van der Waals surface area contributed by atoms with Crippen molar-refractivity contribution in [2.24, 2.45) is 0 Å². The summed E-state index contributed by atoms with van der Waals surface area (Å²) < 4.78 is 10.7. The minimum atomic E-state index is -1.44. The van der Waals surface area contributed by atoms with Crippen molar-refractivity contribution in [2.75, 3.05) is 27.4 Å². The summed E-state index contributed by atoms with van der Waals surface area (Å²) in [6.07, 6.45) is 8.24. The van der Waals surface area contributed by atoms with E-state index in [-0.39, 0.29) is 0 Å². The lowest BCUT2D eigenvalue weighted by Gasteiger charge is -2.20. The Morgan fingerprint density at radius 2 is 1.59 bits per heavy atom. The second-order valence-electron chi connectivity index (χ2n) is 7.10. The molecule has 0 aromatic carbocycles. The Hall–Kier alpha value is -1.78. The molecule has 0 aromatic heterocycles. The monoisotopic (exact) mass is 380 g/mol. The third-order valence-electron chi connectivity index (χ3n) is 5.67. The van der Waals surface area contributed by atoms with Crippen LogP contribution >= 0.6 is 0 Å². The summed E-state index contributed by atoms with van der Waals surface area (Å²) in [6, 6.07) is 3.68. The van der Waals surface area contributed by atoms with Crippen LogP contribution in [-0.2, 0) is 9.47 Å². The molecule has 2 aliphatic carbocycles. The van der Waals surface area contributed by atoms with Crippen molar-refractivity contribution in [3.8, 4) is 23.3 Å². The van der Waals surface area contributed by atoms with Gasteiger partial charge in [0.15, 0.2) is 0 Å². The van der Waals surface area contributed by atoms with Gasteiger partial charge in [-0.25, -0.2) is 0 Å². The maximum absolute atomic E-state index is 5.46. The molecule has 0 amide bonds. The summed E-state index contributed by atoms with van der Waals surface area (Å²) in [5.41, 5.74) is 9.50. The minimum Gasteiger partial charge on any atom is -0.380 e. The van der Waals surface area contributed by atoms with Gasteiger partial charge >= 0.3 is 0 Å². The van der Waals surface area contributed by atoms with Gasteiger partial charge in [0, 0.05) is 42.9 Å². The molecule has 0 N–H and O–H groups in total. The average Bonchev–Trinajstić information content (AvgIpc) is 3.29. The Balaban J connectivity index is 2.28. The summed E-state index contributed by atoms with van der Waals surface area (Å²) in [4.78, 5) is 0. The molecule has 2 aliphatic rings. The molecule has 144 valence electrons. The lowest BCUT2D eigenvalue weighted by Crippen LogP contribution is -2.29. The third-order valence-corrected chi connectivity index (χ3v) is 10.4. The van der Waals surface area contributed by atoms with Crippen molar-refractivity contribution in [1.29, 1.82) is 0 Å². The summed E-state index contributed by atoms with van der Waals surface area (Å²) in [6.45, 7) is 8.08. The highest BCUT2D eigenvalue weighted by Gasteiger charge is 2.25. The fourth-order valence-electron chi connectivity index (χ4n) is 3.51. The first-order valence-corrected chi connectivity index (χ1v) is 12.6. The second-order valence-corrected chi connectivity index (χ2v) is 12.0. The van der Waals surface area contributed by atoms with E-state index in [4.69, 9.17) is 9.47 Å². The number of hydrogen-bond acceptors (Lipinski definition) is 2.